The Morgan fingerprint density at radius 1 is 1.00 bits per heavy atom. The Bertz CT molecular complexity index is 1040. The minimum atomic E-state index is -0.568. The number of nitro groups is 1. The maximum Gasteiger partial charge on any atom is 0.298 e. The van der Waals surface area contributed by atoms with Gasteiger partial charge < -0.3 is 5.11 Å². The van der Waals surface area contributed by atoms with Crippen molar-refractivity contribution in [3.63, 3.8) is 0 Å². The summed E-state index contributed by atoms with van der Waals surface area (Å²) in [6.07, 6.45) is 1.41. The van der Waals surface area contributed by atoms with Crippen LogP contribution < -0.4 is 0 Å². The molecule has 3 aromatic carbocycles. The molecule has 0 heterocycles. The minimum absolute atomic E-state index is 0.0295. The quantitative estimate of drug-likeness (QED) is 0.295. The number of benzene rings is 3. The van der Waals surface area contributed by atoms with Gasteiger partial charge in [0.25, 0.3) is 5.69 Å². The lowest BCUT2D eigenvalue weighted by Crippen LogP contribution is -1.93. The molecule has 0 radical (unpaired) electrons. The van der Waals surface area contributed by atoms with Crippen molar-refractivity contribution in [3.05, 3.63) is 92.5 Å². The topological polar surface area (TPSA) is 88.1 Å². The average Bonchev–Trinajstić information content (AvgIpc) is 2.68. The fraction of sp³-hybridized carbons (Fsp3) is 0.143. The van der Waals surface area contributed by atoms with Gasteiger partial charge >= 0.3 is 0 Å². The number of aryl methyl sites for hydroxylation is 3. The van der Waals surface area contributed by atoms with Crippen LogP contribution in [-0.2, 0) is 12.8 Å². The molecular formula is C21H18ClN3O3. The number of aromatic hydroxyl groups is 1. The lowest BCUT2D eigenvalue weighted by Gasteiger charge is -2.09. The van der Waals surface area contributed by atoms with Crippen molar-refractivity contribution in [2.45, 2.75) is 19.8 Å². The van der Waals surface area contributed by atoms with E-state index in [0.29, 0.717) is 6.42 Å². The van der Waals surface area contributed by atoms with E-state index in [1.807, 2.05) is 43.3 Å². The van der Waals surface area contributed by atoms with Gasteiger partial charge in [0.05, 0.1) is 4.92 Å². The van der Waals surface area contributed by atoms with Crippen molar-refractivity contribution in [1.82, 2.24) is 0 Å². The van der Waals surface area contributed by atoms with Crippen LogP contribution in [0.5, 0.6) is 5.75 Å². The minimum Gasteiger partial charge on any atom is -0.505 e. The van der Waals surface area contributed by atoms with Gasteiger partial charge in [0.15, 0.2) is 5.69 Å². The Morgan fingerprint density at radius 2 is 1.71 bits per heavy atom. The van der Waals surface area contributed by atoms with Crippen molar-refractivity contribution < 1.29 is 10.0 Å². The Labute approximate surface area is 167 Å². The highest BCUT2D eigenvalue weighted by molar-refractivity contribution is 6.30. The Kier molecular flexibility index (Phi) is 6.01. The van der Waals surface area contributed by atoms with Crippen LogP contribution in [0.25, 0.3) is 0 Å². The summed E-state index contributed by atoms with van der Waals surface area (Å²) >= 11 is 5.81. The highest BCUT2D eigenvalue weighted by atomic mass is 35.5. The molecule has 0 fully saturated rings. The van der Waals surface area contributed by atoms with Crippen molar-refractivity contribution >= 4 is 28.7 Å². The van der Waals surface area contributed by atoms with E-state index in [4.69, 9.17) is 11.6 Å². The predicted octanol–water partition coefficient (Wildman–Crippen LogP) is 6.46. The van der Waals surface area contributed by atoms with Gasteiger partial charge in [-0.3, -0.25) is 10.1 Å². The predicted molar refractivity (Wildman–Crippen MR) is 109 cm³/mol. The number of halogens is 1. The molecule has 3 rings (SSSR count). The largest absolute Gasteiger partial charge is 0.505 e. The Morgan fingerprint density at radius 3 is 2.43 bits per heavy atom. The number of hydrogen-bond acceptors (Lipinski definition) is 5. The third-order valence-electron chi connectivity index (χ3n) is 4.24. The van der Waals surface area contributed by atoms with Crippen molar-refractivity contribution in [2.24, 2.45) is 10.2 Å². The lowest BCUT2D eigenvalue weighted by atomic mass is 10.0. The average molecular weight is 396 g/mol. The van der Waals surface area contributed by atoms with Crippen molar-refractivity contribution in [3.8, 4) is 5.75 Å². The molecule has 6 nitrogen and oxygen atoms in total. The van der Waals surface area contributed by atoms with Crippen LogP contribution in [0.3, 0.4) is 0 Å². The van der Waals surface area contributed by atoms with Crippen LogP contribution in [0, 0.1) is 17.0 Å². The third kappa shape index (κ3) is 4.72. The van der Waals surface area contributed by atoms with Gasteiger partial charge in [-0.25, -0.2) is 0 Å². The van der Waals surface area contributed by atoms with E-state index in [9.17, 15) is 15.2 Å². The number of azo groups is 1. The van der Waals surface area contributed by atoms with Gasteiger partial charge in [-0.05, 0) is 54.7 Å². The summed E-state index contributed by atoms with van der Waals surface area (Å²) in [6.45, 7) is 1.90. The molecule has 0 saturated heterocycles. The third-order valence-corrected chi connectivity index (χ3v) is 4.47. The molecule has 0 aliphatic rings. The maximum absolute atomic E-state index is 11.2. The van der Waals surface area contributed by atoms with Gasteiger partial charge in [0, 0.05) is 11.1 Å². The first-order chi connectivity index (χ1) is 13.4. The van der Waals surface area contributed by atoms with Gasteiger partial charge in [-0.2, -0.15) is 0 Å². The molecule has 0 unspecified atom stereocenters. The Hall–Kier alpha value is -3.25. The number of phenolic OH excluding ortho intramolecular Hbond substituents is 1. The summed E-state index contributed by atoms with van der Waals surface area (Å²) in [5.74, 6) is 0.0295. The molecule has 0 atom stereocenters. The van der Waals surface area contributed by atoms with Crippen LogP contribution in [-0.4, -0.2) is 10.0 Å². The second-order valence-corrected chi connectivity index (χ2v) is 6.80. The van der Waals surface area contributed by atoms with E-state index in [0.717, 1.165) is 17.5 Å². The zero-order valence-corrected chi connectivity index (χ0v) is 15.9. The van der Waals surface area contributed by atoms with E-state index in [-0.39, 0.29) is 27.8 Å². The zero-order chi connectivity index (χ0) is 20.1. The van der Waals surface area contributed by atoms with E-state index >= 15 is 0 Å². The summed E-state index contributed by atoms with van der Waals surface area (Å²) < 4.78 is 0. The SMILES string of the molecule is Cc1cc(CCc2ccccc2)c(O)c(N=Nc2ccc(Cl)cc2[N+](=O)[O-])c1. The molecule has 0 spiro atoms. The fourth-order valence-corrected chi connectivity index (χ4v) is 3.03. The number of nitrogens with zero attached hydrogens (tertiary/aromatic N) is 3. The highest BCUT2D eigenvalue weighted by Crippen LogP contribution is 2.36. The first kappa shape index (κ1) is 19.5. The maximum atomic E-state index is 11.2. The molecule has 0 saturated carbocycles. The second kappa shape index (κ2) is 8.63. The fourth-order valence-electron chi connectivity index (χ4n) is 2.86. The standard InChI is InChI=1S/C21H18ClN3O3/c1-14-11-16(8-7-15-5-3-2-4-6-15)21(26)19(12-14)24-23-18-10-9-17(22)13-20(18)25(27)28/h2-6,9-13,26H,7-8H2,1H3. The van der Waals surface area contributed by atoms with Crippen LogP contribution in [0.2, 0.25) is 5.02 Å². The smallest absolute Gasteiger partial charge is 0.298 e. The van der Waals surface area contributed by atoms with Crippen LogP contribution >= 0.6 is 11.6 Å². The second-order valence-electron chi connectivity index (χ2n) is 6.37. The van der Waals surface area contributed by atoms with E-state index < -0.39 is 4.92 Å². The number of nitro benzene ring substituents is 1. The molecule has 0 aliphatic heterocycles. The number of rotatable bonds is 6. The molecule has 142 valence electrons. The van der Waals surface area contributed by atoms with Crippen molar-refractivity contribution in [2.75, 3.05) is 0 Å². The Balaban J connectivity index is 1.88. The first-order valence-corrected chi connectivity index (χ1v) is 9.04. The zero-order valence-electron chi connectivity index (χ0n) is 15.2. The monoisotopic (exact) mass is 395 g/mol. The van der Waals surface area contributed by atoms with Crippen molar-refractivity contribution in [1.29, 1.82) is 0 Å². The molecule has 7 heteroatoms. The van der Waals surface area contributed by atoms with E-state index in [1.165, 1.54) is 23.8 Å². The molecule has 28 heavy (non-hydrogen) atoms. The molecule has 0 aromatic heterocycles. The van der Waals surface area contributed by atoms with Gasteiger partial charge in [0.2, 0.25) is 0 Å². The summed E-state index contributed by atoms with van der Waals surface area (Å²) in [7, 11) is 0. The highest BCUT2D eigenvalue weighted by Gasteiger charge is 2.15. The summed E-state index contributed by atoms with van der Waals surface area (Å²) in [5, 5.41) is 30.0. The van der Waals surface area contributed by atoms with E-state index in [1.54, 1.807) is 6.07 Å². The van der Waals surface area contributed by atoms with Gasteiger partial charge in [-0.15, -0.1) is 10.2 Å². The van der Waals surface area contributed by atoms with Crippen LogP contribution in [0.4, 0.5) is 17.1 Å². The van der Waals surface area contributed by atoms with E-state index in [2.05, 4.69) is 10.2 Å². The normalized spacial score (nSPS) is 11.1. The summed E-state index contributed by atoms with van der Waals surface area (Å²) in [5.41, 5.74) is 2.94. The van der Waals surface area contributed by atoms with Gasteiger partial charge in [0.1, 0.15) is 11.4 Å². The lowest BCUT2D eigenvalue weighted by molar-refractivity contribution is -0.384. The molecule has 0 aliphatic carbocycles. The molecule has 1 N–H and O–H groups in total. The summed E-state index contributed by atoms with van der Waals surface area (Å²) in [4.78, 5) is 10.6. The van der Waals surface area contributed by atoms with Crippen LogP contribution in [0.1, 0.15) is 16.7 Å². The first-order valence-electron chi connectivity index (χ1n) is 8.66. The molecule has 0 amide bonds. The number of phenols is 1. The van der Waals surface area contributed by atoms with Gasteiger partial charge in [-0.1, -0.05) is 48.0 Å². The molecular weight excluding hydrogens is 378 g/mol. The molecule has 0 bridgehead atoms. The summed E-state index contributed by atoms with van der Waals surface area (Å²) in [6, 6.07) is 17.7. The molecule has 3 aromatic rings. The number of hydrogen-bond donors (Lipinski definition) is 1. The van der Waals surface area contributed by atoms with Crippen LogP contribution in [0.15, 0.2) is 70.9 Å².